The van der Waals surface area contributed by atoms with Crippen molar-refractivity contribution in [2.45, 2.75) is 20.0 Å². The number of carbonyl (C=O) groups is 1. The van der Waals surface area contributed by atoms with Crippen molar-refractivity contribution in [3.05, 3.63) is 77.4 Å². The van der Waals surface area contributed by atoms with Crippen LogP contribution >= 0.6 is 0 Å². The van der Waals surface area contributed by atoms with Crippen molar-refractivity contribution < 1.29 is 4.79 Å². The Morgan fingerprint density at radius 3 is 2.66 bits per heavy atom. The molecule has 162 valence electrons. The number of amides is 1. The Hall–Kier alpha value is -3.77. The SMILES string of the molecule is C=Nc1cc(CNC(=O)c2ccc3c4ccccc4n(CC)c3c2)ccc1/C=N\CNC. The summed E-state index contributed by atoms with van der Waals surface area (Å²) in [6, 6.07) is 20.1. The molecule has 2 N–H and O–H groups in total. The molecular weight excluding hydrogens is 398 g/mol. The van der Waals surface area contributed by atoms with Gasteiger partial charge in [-0.05, 0) is 50.5 Å². The largest absolute Gasteiger partial charge is 0.348 e. The van der Waals surface area contributed by atoms with Crippen LogP contribution in [0.5, 0.6) is 0 Å². The Bertz CT molecular complexity index is 1320. The topological polar surface area (TPSA) is 70.8 Å². The number of fused-ring (bicyclic) bond motifs is 3. The number of benzene rings is 3. The van der Waals surface area contributed by atoms with Crippen LogP contribution < -0.4 is 10.6 Å². The molecule has 0 bridgehead atoms. The zero-order valence-electron chi connectivity index (χ0n) is 18.4. The van der Waals surface area contributed by atoms with Crippen molar-refractivity contribution >= 4 is 46.3 Å². The highest BCUT2D eigenvalue weighted by Crippen LogP contribution is 2.29. The molecule has 6 nitrogen and oxygen atoms in total. The lowest BCUT2D eigenvalue weighted by Gasteiger charge is -2.09. The van der Waals surface area contributed by atoms with Gasteiger partial charge in [0.2, 0.25) is 0 Å². The van der Waals surface area contributed by atoms with Crippen molar-refractivity contribution in [1.82, 2.24) is 15.2 Å². The third-order valence-corrected chi connectivity index (χ3v) is 5.55. The summed E-state index contributed by atoms with van der Waals surface area (Å²) in [7, 11) is 1.84. The quantitative estimate of drug-likeness (QED) is 0.403. The zero-order valence-corrected chi connectivity index (χ0v) is 18.4. The predicted octanol–water partition coefficient (Wildman–Crippen LogP) is 4.67. The van der Waals surface area contributed by atoms with E-state index in [0.717, 1.165) is 34.3 Å². The zero-order chi connectivity index (χ0) is 22.5. The molecule has 0 aliphatic rings. The second kappa shape index (κ2) is 9.58. The lowest BCUT2D eigenvalue weighted by molar-refractivity contribution is 0.0951. The lowest BCUT2D eigenvalue weighted by atomic mass is 10.1. The van der Waals surface area contributed by atoms with Gasteiger partial charge in [0.05, 0.1) is 12.4 Å². The van der Waals surface area contributed by atoms with E-state index in [4.69, 9.17) is 0 Å². The molecule has 0 saturated heterocycles. The van der Waals surface area contributed by atoms with Crippen LogP contribution in [0.4, 0.5) is 5.69 Å². The van der Waals surface area contributed by atoms with Crippen LogP contribution in [0.15, 0.2) is 70.6 Å². The van der Waals surface area contributed by atoms with E-state index >= 15 is 0 Å². The molecule has 4 aromatic rings. The minimum absolute atomic E-state index is 0.104. The van der Waals surface area contributed by atoms with E-state index in [1.165, 1.54) is 10.9 Å². The molecule has 0 saturated carbocycles. The monoisotopic (exact) mass is 425 g/mol. The first-order chi connectivity index (χ1) is 15.7. The van der Waals surface area contributed by atoms with Crippen molar-refractivity contribution in [2.75, 3.05) is 13.7 Å². The minimum atomic E-state index is -0.104. The number of nitrogens with zero attached hydrogens (tertiary/aromatic N) is 3. The highest BCUT2D eigenvalue weighted by molar-refractivity contribution is 6.10. The Morgan fingerprint density at radius 2 is 1.88 bits per heavy atom. The van der Waals surface area contributed by atoms with Crippen molar-refractivity contribution in [1.29, 1.82) is 0 Å². The summed E-state index contributed by atoms with van der Waals surface area (Å²) in [5.74, 6) is -0.104. The van der Waals surface area contributed by atoms with Crippen molar-refractivity contribution in [3.63, 3.8) is 0 Å². The third kappa shape index (κ3) is 4.18. The van der Waals surface area contributed by atoms with Gasteiger partial charge >= 0.3 is 0 Å². The second-order valence-electron chi connectivity index (χ2n) is 7.55. The van der Waals surface area contributed by atoms with Crippen molar-refractivity contribution in [3.8, 4) is 0 Å². The number of para-hydroxylation sites is 1. The highest BCUT2D eigenvalue weighted by atomic mass is 16.1. The number of hydrogen-bond donors (Lipinski definition) is 2. The molecule has 1 aromatic heterocycles. The maximum atomic E-state index is 12.9. The number of hydrogen-bond acceptors (Lipinski definition) is 4. The fourth-order valence-corrected chi connectivity index (χ4v) is 4.00. The van der Waals surface area contributed by atoms with Gasteiger partial charge in [0.15, 0.2) is 0 Å². The van der Waals surface area contributed by atoms with Crippen LogP contribution in [-0.2, 0) is 13.1 Å². The Labute approximate surface area is 187 Å². The van der Waals surface area contributed by atoms with Gasteiger partial charge in [0.25, 0.3) is 5.91 Å². The Morgan fingerprint density at radius 1 is 1.06 bits per heavy atom. The fraction of sp³-hybridized carbons (Fsp3) is 0.192. The molecule has 0 spiro atoms. The first-order valence-corrected chi connectivity index (χ1v) is 10.7. The number of carbonyl (C=O) groups excluding carboxylic acids is 1. The molecule has 6 heteroatoms. The van der Waals surface area contributed by atoms with Gasteiger partial charge in [-0.3, -0.25) is 14.8 Å². The standard InChI is InChI=1S/C26H27N5O/c1-4-31-24-8-6-5-7-21(24)22-12-11-19(14-25(22)31)26(32)30-15-18-9-10-20(16-29-17-27-2)23(13-18)28-3/h5-14,16,27H,3-4,15,17H2,1-2H3,(H,30,32)/b29-16-. The molecule has 1 amide bonds. The van der Waals surface area contributed by atoms with Gasteiger partial charge < -0.3 is 15.2 Å². The average Bonchev–Trinajstić information content (AvgIpc) is 3.16. The van der Waals surface area contributed by atoms with Gasteiger partial charge in [0.1, 0.15) is 0 Å². The summed E-state index contributed by atoms with van der Waals surface area (Å²) in [6.45, 7) is 7.56. The number of rotatable bonds is 8. The highest BCUT2D eigenvalue weighted by Gasteiger charge is 2.13. The maximum Gasteiger partial charge on any atom is 0.251 e. The summed E-state index contributed by atoms with van der Waals surface area (Å²) in [6.07, 6.45) is 1.77. The molecule has 0 atom stereocenters. The average molecular weight is 426 g/mol. The maximum absolute atomic E-state index is 12.9. The normalized spacial score (nSPS) is 11.4. The predicted molar refractivity (Wildman–Crippen MR) is 133 cm³/mol. The molecule has 3 aromatic carbocycles. The van der Waals surface area contributed by atoms with Gasteiger partial charge in [-0.1, -0.05) is 36.4 Å². The third-order valence-electron chi connectivity index (χ3n) is 5.55. The van der Waals surface area contributed by atoms with Crippen molar-refractivity contribution in [2.24, 2.45) is 9.98 Å². The molecule has 0 aliphatic heterocycles. The molecule has 0 aliphatic carbocycles. The molecule has 4 rings (SSSR count). The second-order valence-corrected chi connectivity index (χ2v) is 7.55. The molecule has 1 heterocycles. The van der Waals surface area contributed by atoms with E-state index in [9.17, 15) is 4.79 Å². The molecule has 0 fully saturated rings. The van der Waals surface area contributed by atoms with E-state index < -0.39 is 0 Å². The molecule has 0 radical (unpaired) electrons. The van der Waals surface area contributed by atoms with E-state index in [1.54, 1.807) is 6.21 Å². The lowest BCUT2D eigenvalue weighted by Crippen LogP contribution is -2.22. The van der Waals surface area contributed by atoms with Gasteiger partial charge in [-0.2, -0.15) is 0 Å². The number of aliphatic imine (C=N–C) groups is 2. The van der Waals surface area contributed by atoms with Gasteiger partial charge in [-0.15, -0.1) is 0 Å². The summed E-state index contributed by atoms with van der Waals surface area (Å²) < 4.78 is 2.25. The number of aromatic nitrogens is 1. The van der Waals surface area contributed by atoms with Crippen LogP contribution in [0, 0.1) is 0 Å². The minimum Gasteiger partial charge on any atom is -0.348 e. The van der Waals surface area contributed by atoms with Crippen LogP contribution in [0.1, 0.15) is 28.4 Å². The molecule has 32 heavy (non-hydrogen) atoms. The number of aryl methyl sites for hydroxylation is 1. The molecule has 0 unspecified atom stereocenters. The first-order valence-electron chi connectivity index (χ1n) is 10.7. The van der Waals surface area contributed by atoms with Crippen LogP contribution in [0.2, 0.25) is 0 Å². The van der Waals surface area contributed by atoms with Gasteiger partial charge in [-0.25, -0.2) is 0 Å². The Balaban J connectivity index is 1.54. The number of nitrogens with one attached hydrogen (secondary N) is 2. The fourth-order valence-electron chi connectivity index (χ4n) is 4.00. The summed E-state index contributed by atoms with van der Waals surface area (Å²) in [5.41, 5.74) is 5.49. The summed E-state index contributed by atoms with van der Waals surface area (Å²) in [4.78, 5) is 21.3. The van der Waals surface area contributed by atoms with Gasteiger partial charge in [0, 0.05) is 52.2 Å². The van der Waals surface area contributed by atoms with Crippen LogP contribution in [-0.4, -0.2) is 37.1 Å². The Kier molecular flexibility index (Phi) is 6.42. The van der Waals surface area contributed by atoms with E-state index in [0.29, 0.717) is 18.8 Å². The molecular formula is C26H27N5O. The first kappa shape index (κ1) is 21.5. The smallest absolute Gasteiger partial charge is 0.251 e. The summed E-state index contributed by atoms with van der Waals surface area (Å²) >= 11 is 0. The van der Waals surface area contributed by atoms with E-state index in [-0.39, 0.29) is 5.91 Å². The van der Waals surface area contributed by atoms with E-state index in [2.05, 4.69) is 51.0 Å². The van der Waals surface area contributed by atoms with E-state index in [1.807, 2.05) is 55.6 Å². The summed E-state index contributed by atoms with van der Waals surface area (Å²) in [5, 5.41) is 8.36. The van der Waals surface area contributed by atoms with Crippen LogP contribution in [0.25, 0.3) is 21.8 Å². The van der Waals surface area contributed by atoms with Crippen LogP contribution in [0.3, 0.4) is 0 Å².